The number of aliphatic carboxylic acids is 1. The van der Waals surface area contributed by atoms with Gasteiger partial charge in [-0.1, -0.05) is 22.8 Å². The lowest BCUT2D eigenvalue weighted by Gasteiger charge is -2.11. The minimum absolute atomic E-state index is 0.0116. The van der Waals surface area contributed by atoms with Crippen molar-refractivity contribution >= 4 is 23.1 Å². The van der Waals surface area contributed by atoms with E-state index in [1.807, 2.05) is 19.9 Å². The normalized spacial score (nSPS) is 12.7. The zero-order valence-electron chi connectivity index (χ0n) is 17.0. The number of aromatic nitrogens is 2. The SMILES string of the molecule is CC(C)Oc1ccc(-c2nc(-c3cc(F)cc4c3CC=C4CCC(=O)O)no2)cc1Cl. The molecule has 6 nitrogen and oxygen atoms in total. The molecular weight excluding hydrogens is 423 g/mol. The molecule has 3 aromatic rings. The highest BCUT2D eigenvalue weighted by Gasteiger charge is 2.23. The van der Waals surface area contributed by atoms with Crippen LogP contribution in [-0.4, -0.2) is 27.3 Å². The van der Waals surface area contributed by atoms with Gasteiger partial charge in [-0.25, -0.2) is 4.39 Å². The molecule has 0 atom stereocenters. The summed E-state index contributed by atoms with van der Waals surface area (Å²) in [6, 6.07) is 7.97. The van der Waals surface area contributed by atoms with Crippen LogP contribution in [-0.2, 0) is 11.2 Å². The Balaban J connectivity index is 1.64. The van der Waals surface area contributed by atoms with Gasteiger partial charge in [0.1, 0.15) is 11.6 Å². The average Bonchev–Trinajstić information content (AvgIpc) is 3.34. The summed E-state index contributed by atoms with van der Waals surface area (Å²) >= 11 is 6.30. The van der Waals surface area contributed by atoms with Gasteiger partial charge in [0.05, 0.1) is 11.1 Å². The first-order valence-corrected chi connectivity index (χ1v) is 10.2. The molecule has 2 aromatic carbocycles. The van der Waals surface area contributed by atoms with E-state index in [2.05, 4.69) is 10.1 Å². The molecule has 0 saturated carbocycles. The smallest absolute Gasteiger partial charge is 0.303 e. The Hall–Kier alpha value is -3.19. The summed E-state index contributed by atoms with van der Waals surface area (Å²) in [4.78, 5) is 15.3. The second kappa shape index (κ2) is 8.51. The highest BCUT2D eigenvalue weighted by Crippen LogP contribution is 2.38. The highest BCUT2D eigenvalue weighted by atomic mass is 35.5. The number of nitrogens with zero attached hydrogens (tertiary/aromatic N) is 2. The zero-order chi connectivity index (χ0) is 22.1. The van der Waals surface area contributed by atoms with E-state index in [0.717, 1.165) is 11.1 Å². The fraction of sp³-hybridized carbons (Fsp3) is 0.261. The minimum atomic E-state index is -0.891. The van der Waals surface area contributed by atoms with Crippen LogP contribution in [0, 0.1) is 5.82 Å². The molecule has 0 saturated heterocycles. The molecule has 1 aromatic heterocycles. The molecule has 0 unspecified atom stereocenters. The average molecular weight is 443 g/mol. The number of benzene rings is 2. The van der Waals surface area contributed by atoms with Gasteiger partial charge in [0.25, 0.3) is 5.89 Å². The number of halogens is 2. The van der Waals surface area contributed by atoms with Crippen LogP contribution in [0.15, 0.2) is 40.9 Å². The van der Waals surface area contributed by atoms with Crippen molar-refractivity contribution in [1.82, 2.24) is 10.1 Å². The Bertz CT molecular complexity index is 1190. The van der Waals surface area contributed by atoms with E-state index in [9.17, 15) is 9.18 Å². The van der Waals surface area contributed by atoms with Gasteiger partial charge in [0.15, 0.2) is 0 Å². The fourth-order valence-electron chi connectivity index (χ4n) is 3.59. The van der Waals surface area contributed by atoms with Crippen molar-refractivity contribution in [3.05, 3.63) is 58.4 Å². The van der Waals surface area contributed by atoms with E-state index < -0.39 is 11.8 Å². The van der Waals surface area contributed by atoms with Crippen LogP contribution in [0.4, 0.5) is 4.39 Å². The Kier molecular flexibility index (Phi) is 5.78. The van der Waals surface area contributed by atoms with Crippen LogP contribution in [0.25, 0.3) is 28.4 Å². The summed E-state index contributed by atoms with van der Waals surface area (Å²) in [5, 5.41) is 13.4. The number of hydrogen-bond acceptors (Lipinski definition) is 5. The lowest BCUT2D eigenvalue weighted by molar-refractivity contribution is -0.136. The van der Waals surface area contributed by atoms with Gasteiger partial charge in [-0.3, -0.25) is 4.79 Å². The molecule has 0 amide bonds. The third kappa shape index (κ3) is 4.46. The van der Waals surface area contributed by atoms with Crippen LogP contribution < -0.4 is 4.74 Å². The molecule has 31 heavy (non-hydrogen) atoms. The maximum atomic E-state index is 14.4. The number of rotatable bonds is 7. The number of fused-ring (bicyclic) bond motifs is 1. The van der Waals surface area contributed by atoms with Gasteiger partial charge in [0, 0.05) is 17.5 Å². The molecule has 0 radical (unpaired) electrons. The van der Waals surface area contributed by atoms with Gasteiger partial charge >= 0.3 is 5.97 Å². The summed E-state index contributed by atoms with van der Waals surface area (Å²) in [6.07, 6.45) is 2.79. The first-order valence-electron chi connectivity index (χ1n) is 9.86. The first kappa shape index (κ1) is 21.1. The number of carboxylic acids is 1. The topological polar surface area (TPSA) is 85.5 Å². The van der Waals surface area contributed by atoms with Crippen LogP contribution >= 0.6 is 11.6 Å². The maximum Gasteiger partial charge on any atom is 0.303 e. The second-order valence-corrected chi connectivity index (χ2v) is 7.95. The molecule has 1 aliphatic rings. The maximum absolute atomic E-state index is 14.4. The van der Waals surface area contributed by atoms with Gasteiger partial charge in [0.2, 0.25) is 5.82 Å². The number of carbonyl (C=O) groups is 1. The van der Waals surface area contributed by atoms with Crippen molar-refractivity contribution < 1.29 is 23.6 Å². The van der Waals surface area contributed by atoms with E-state index >= 15 is 0 Å². The number of hydrogen-bond donors (Lipinski definition) is 1. The minimum Gasteiger partial charge on any atom is -0.489 e. The Morgan fingerprint density at radius 2 is 2.06 bits per heavy atom. The van der Waals surface area contributed by atoms with E-state index in [1.54, 1.807) is 18.2 Å². The molecule has 8 heteroatoms. The predicted molar refractivity (Wildman–Crippen MR) is 114 cm³/mol. The molecule has 1 heterocycles. The monoisotopic (exact) mass is 442 g/mol. The second-order valence-electron chi connectivity index (χ2n) is 7.54. The Morgan fingerprint density at radius 1 is 1.29 bits per heavy atom. The summed E-state index contributed by atoms with van der Waals surface area (Å²) < 4.78 is 25.4. The van der Waals surface area contributed by atoms with E-state index in [-0.39, 0.29) is 24.2 Å². The van der Waals surface area contributed by atoms with Gasteiger partial charge in [-0.2, -0.15) is 4.98 Å². The number of allylic oxidation sites excluding steroid dienone is 2. The number of carboxylic acid groups (broad SMARTS) is 1. The third-order valence-corrected chi connectivity index (χ3v) is 5.23. The van der Waals surface area contributed by atoms with Gasteiger partial charge in [-0.05, 0) is 73.7 Å². The van der Waals surface area contributed by atoms with E-state index in [4.69, 9.17) is 26.0 Å². The largest absolute Gasteiger partial charge is 0.489 e. The summed E-state index contributed by atoms with van der Waals surface area (Å²) in [5.41, 5.74) is 3.51. The molecule has 1 aliphatic carbocycles. The highest BCUT2D eigenvalue weighted by molar-refractivity contribution is 6.32. The lowest BCUT2D eigenvalue weighted by Crippen LogP contribution is -2.05. The van der Waals surface area contributed by atoms with Crippen LogP contribution in [0.2, 0.25) is 5.02 Å². The number of ether oxygens (including phenoxy) is 1. The molecular formula is C23H20ClFN2O4. The Labute approximate surface area is 183 Å². The summed E-state index contributed by atoms with van der Waals surface area (Å²) in [5.74, 6) is -0.262. The van der Waals surface area contributed by atoms with Crippen molar-refractivity contribution in [2.24, 2.45) is 0 Å². The van der Waals surface area contributed by atoms with Crippen molar-refractivity contribution in [2.45, 2.75) is 39.2 Å². The van der Waals surface area contributed by atoms with Crippen molar-refractivity contribution in [3.63, 3.8) is 0 Å². The van der Waals surface area contributed by atoms with Crippen LogP contribution in [0.1, 0.15) is 37.8 Å². The molecule has 0 fully saturated rings. The lowest BCUT2D eigenvalue weighted by atomic mass is 9.97. The third-order valence-electron chi connectivity index (χ3n) is 4.93. The molecule has 0 bridgehead atoms. The van der Waals surface area contributed by atoms with E-state index in [0.29, 0.717) is 40.3 Å². The summed E-state index contributed by atoms with van der Waals surface area (Å²) in [6.45, 7) is 3.82. The van der Waals surface area contributed by atoms with Crippen molar-refractivity contribution in [3.8, 4) is 28.6 Å². The molecule has 160 valence electrons. The first-order chi connectivity index (χ1) is 14.8. The molecule has 1 N–H and O–H groups in total. The standard InChI is InChI=1S/C23H20ClFN2O4/c1-12(2)30-20-7-4-14(9-19(20)24)23-26-22(27-31-23)18-11-15(25)10-17-13(3-6-16(17)18)5-8-21(28)29/h3-4,7,9-12H,5-6,8H2,1-2H3,(H,28,29). The van der Waals surface area contributed by atoms with Crippen LogP contribution in [0.5, 0.6) is 5.75 Å². The fourth-order valence-corrected chi connectivity index (χ4v) is 3.81. The molecule has 0 spiro atoms. The molecule has 4 rings (SSSR count). The van der Waals surface area contributed by atoms with E-state index in [1.165, 1.54) is 12.1 Å². The van der Waals surface area contributed by atoms with Gasteiger partial charge in [-0.15, -0.1) is 0 Å². The van der Waals surface area contributed by atoms with Crippen molar-refractivity contribution in [2.75, 3.05) is 0 Å². The predicted octanol–water partition coefficient (Wildman–Crippen LogP) is 5.79. The van der Waals surface area contributed by atoms with Gasteiger partial charge < -0.3 is 14.4 Å². The summed E-state index contributed by atoms with van der Waals surface area (Å²) in [7, 11) is 0. The zero-order valence-corrected chi connectivity index (χ0v) is 17.7. The molecule has 0 aliphatic heterocycles. The quantitative estimate of drug-likeness (QED) is 0.498. The van der Waals surface area contributed by atoms with Crippen LogP contribution in [0.3, 0.4) is 0 Å². The Morgan fingerprint density at radius 3 is 2.77 bits per heavy atom. The van der Waals surface area contributed by atoms with Crippen molar-refractivity contribution in [1.29, 1.82) is 0 Å².